The zero-order chi connectivity index (χ0) is 16.8. The molecular weight excluding hydrogens is 298 g/mol. The zero-order valence-corrected chi connectivity index (χ0v) is 13.6. The highest BCUT2D eigenvalue weighted by Gasteiger charge is 2.07. The molecule has 122 valence electrons. The van der Waals surface area contributed by atoms with Gasteiger partial charge in [0.1, 0.15) is 5.82 Å². The number of benzene rings is 2. The molecule has 0 bridgehead atoms. The van der Waals surface area contributed by atoms with E-state index in [0.717, 1.165) is 19.3 Å². The van der Waals surface area contributed by atoms with Gasteiger partial charge in [0.05, 0.1) is 10.9 Å². The molecule has 1 heterocycles. The first-order valence-electron chi connectivity index (χ1n) is 8.23. The second kappa shape index (κ2) is 7.59. The number of nitrogen functional groups attached to an aromatic ring is 1. The van der Waals surface area contributed by atoms with Gasteiger partial charge in [0.2, 0.25) is 0 Å². The number of unbranched alkanes of at least 4 members (excludes halogenated alkanes) is 2. The average Bonchev–Trinajstić information content (AvgIpc) is 2.63. The second-order valence-corrected chi connectivity index (χ2v) is 5.78. The molecule has 0 spiro atoms. The lowest BCUT2D eigenvalue weighted by molar-refractivity contribution is 0.685. The zero-order valence-electron chi connectivity index (χ0n) is 13.6. The van der Waals surface area contributed by atoms with Crippen molar-refractivity contribution in [1.29, 1.82) is 0 Å². The molecule has 0 aliphatic rings. The Hall–Kier alpha value is -2.88. The Balaban J connectivity index is 1.57. The summed E-state index contributed by atoms with van der Waals surface area (Å²) in [5.74, 6) is 6.54. The number of aromatic nitrogens is 2. The Bertz CT molecular complexity index is 898. The Kier molecular flexibility index (Phi) is 5.06. The summed E-state index contributed by atoms with van der Waals surface area (Å²) in [5, 5.41) is 0.564. The van der Waals surface area contributed by atoms with E-state index in [9.17, 15) is 4.79 Å². The summed E-state index contributed by atoms with van der Waals surface area (Å²) in [6, 6.07) is 17.6. The lowest BCUT2D eigenvalue weighted by Crippen LogP contribution is -2.31. The largest absolute Gasteiger partial charge is 0.335 e. The number of nitrogens with zero attached hydrogens (tertiary/aromatic N) is 2. The predicted octanol–water partition coefficient (Wildman–Crippen LogP) is 3.54. The number of rotatable bonds is 6. The van der Waals surface area contributed by atoms with Crippen molar-refractivity contribution >= 4 is 17.0 Å². The quantitative estimate of drug-likeness (QED) is 0.558. The Labute approximate surface area is 141 Å². The Morgan fingerprint density at radius 3 is 2.58 bits per heavy atom. The lowest BCUT2D eigenvalue weighted by atomic mass is 10.1. The fourth-order valence-corrected chi connectivity index (χ4v) is 2.70. The lowest BCUT2D eigenvalue weighted by Gasteiger charge is -2.08. The van der Waals surface area contributed by atoms with E-state index in [2.05, 4.69) is 29.3 Å². The summed E-state index contributed by atoms with van der Waals surface area (Å²) >= 11 is 0. The normalized spacial score (nSPS) is 11.3. The molecule has 0 saturated heterocycles. The van der Waals surface area contributed by atoms with E-state index >= 15 is 0 Å². The van der Waals surface area contributed by atoms with Crippen molar-refractivity contribution in [1.82, 2.24) is 9.66 Å². The molecule has 3 aromatic rings. The van der Waals surface area contributed by atoms with Crippen molar-refractivity contribution in [3.63, 3.8) is 0 Å². The van der Waals surface area contributed by atoms with E-state index < -0.39 is 0 Å². The molecule has 2 aromatic carbocycles. The van der Waals surface area contributed by atoms with Gasteiger partial charge in [-0.05, 0) is 37.0 Å². The van der Waals surface area contributed by atoms with Crippen molar-refractivity contribution in [3.05, 3.63) is 82.4 Å². The van der Waals surface area contributed by atoms with Crippen molar-refractivity contribution in [2.75, 3.05) is 5.84 Å². The number of para-hydroxylation sites is 1. The van der Waals surface area contributed by atoms with Gasteiger partial charge in [-0.1, -0.05) is 54.6 Å². The second-order valence-electron chi connectivity index (χ2n) is 5.78. The third-order valence-corrected chi connectivity index (χ3v) is 4.01. The van der Waals surface area contributed by atoms with Gasteiger partial charge in [0.15, 0.2) is 0 Å². The predicted molar refractivity (Wildman–Crippen MR) is 99.2 cm³/mol. The number of nitrogens with two attached hydrogens (primary N) is 1. The van der Waals surface area contributed by atoms with Gasteiger partial charge in [-0.2, -0.15) is 0 Å². The maximum atomic E-state index is 12.2. The topological polar surface area (TPSA) is 60.9 Å². The minimum absolute atomic E-state index is 0.181. The van der Waals surface area contributed by atoms with Crippen LogP contribution >= 0.6 is 0 Å². The molecule has 24 heavy (non-hydrogen) atoms. The van der Waals surface area contributed by atoms with Crippen LogP contribution in [0, 0.1) is 0 Å². The first-order valence-corrected chi connectivity index (χ1v) is 8.23. The molecule has 4 nitrogen and oxygen atoms in total. The van der Waals surface area contributed by atoms with E-state index in [1.807, 2.05) is 36.4 Å². The van der Waals surface area contributed by atoms with E-state index in [0.29, 0.717) is 23.1 Å². The van der Waals surface area contributed by atoms with E-state index in [1.54, 1.807) is 6.07 Å². The molecule has 1 aromatic heterocycles. The van der Waals surface area contributed by atoms with Crippen LogP contribution in [0.4, 0.5) is 0 Å². The van der Waals surface area contributed by atoms with Crippen LogP contribution in [0.15, 0.2) is 65.5 Å². The SMILES string of the molecule is Nn1c(CCCC/C=C/c2ccccc2)nc2ccccc2c1=O. The number of aryl methyl sites for hydroxylation is 1. The minimum atomic E-state index is -0.181. The van der Waals surface area contributed by atoms with E-state index in [4.69, 9.17) is 5.84 Å². The number of fused-ring (bicyclic) bond motifs is 1. The molecule has 0 amide bonds. The molecule has 0 atom stereocenters. The van der Waals surface area contributed by atoms with E-state index in [1.165, 1.54) is 10.2 Å². The van der Waals surface area contributed by atoms with Gasteiger partial charge < -0.3 is 5.84 Å². The molecule has 0 saturated carbocycles. The highest BCUT2D eigenvalue weighted by atomic mass is 16.1. The Morgan fingerprint density at radius 1 is 1.00 bits per heavy atom. The van der Waals surface area contributed by atoms with Crippen molar-refractivity contribution in [3.8, 4) is 0 Å². The third kappa shape index (κ3) is 3.71. The van der Waals surface area contributed by atoms with E-state index in [-0.39, 0.29) is 5.56 Å². The van der Waals surface area contributed by atoms with Crippen LogP contribution in [0.1, 0.15) is 30.7 Å². The number of hydrogen-bond donors (Lipinski definition) is 1. The summed E-state index contributed by atoms with van der Waals surface area (Å²) in [4.78, 5) is 16.7. The van der Waals surface area contributed by atoms with Gasteiger partial charge in [-0.25, -0.2) is 9.66 Å². The summed E-state index contributed by atoms with van der Waals surface area (Å²) in [7, 11) is 0. The number of hydrogen-bond acceptors (Lipinski definition) is 3. The summed E-state index contributed by atoms with van der Waals surface area (Å²) in [6.07, 6.45) is 7.99. The molecule has 0 radical (unpaired) electrons. The molecule has 4 heteroatoms. The smallest absolute Gasteiger partial charge is 0.279 e. The van der Waals surface area contributed by atoms with Crippen molar-refractivity contribution < 1.29 is 0 Å². The van der Waals surface area contributed by atoms with Crippen LogP contribution < -0.4 is 11.4 Å². The maximum Gasteiger partial charge on any atom is 0.279 e. The highest BCUT2D eigenvalue weighted by Crippen LogP contribution is 2.10. The van der Waals surface area contributed by atoms with Gasteiger partial charge >= 0.3 is 0 Å². The van der Waals surface area contributed by atoms with Crippen LogP contribution in [0.5, 0.6) is 0 Å². The minimum Gasteiger partial charge on any atom is -0.335 e. The first-order chi connectivity index (χ1) is 11.8. The molecule has 0 aliphatic heterocycles. The maximum absolute atomic E-state index is 12.2. The molecule has 0 aliphatic carbocycles. The van der Waals surface area contributed by atoms with Crippen molar-refractivity contribution in [2.45, 2.75) is 25.7 Å². The fraction of sp³-hybridized carbons (Fsp3) is 0.200. The third-order valence-electron chi connectivity index (χ3n) is 4.01. The monoisotopic (exact) mass is 319 g/mol. The number of allylic oxidation sites excluding steroid dienone is 1. The van der Waals surface area contributed by atoms with Crippen LogP contribution in [0.3, 0.4) is 0 Å². The highest BCUT2D eigenvalue weighted by molar-refractivity contribution is 5.77. The summed E-state index contributed by atoms with van der Waals surface area (Å²) in [6.45, 7) is 0. The standard InChI is InChI=1S/C20H21N3O/c21-23-19(22-18-14-9-8-13-17(18)20(23)24)15-7-2-1-4-10-16-11-5-3-6-12-16/h3-6,8-14H,1-2,7,15,21H2/b10-4+. The van der Waals surface area contributed by atoms with Gasteiger partial charge in [-0.3, -0.25) is 4.79 Å². The van der Waals surface area contributed by atoms with Gasteiger partial charge in [0, 0.05) is 6.42 Å². The average molecular weight is 319 g/mol. The Morgan fingerprint density at radius 2 is 1.75 bits per heavy atom. The van der Waals surface area contributed by atoms with Crippen LogP contribution in [-0.4, -0.2) is 9.66 Å². The molecule has 3 rings (SSSR count). The van der Waals surface area contributed by atoms with Gasteiger partial charge in [0.25, 0.3) is 5.56 Å². The molecule has 0 fully saturated rings. The summed E-state index contributed by atoms with van der Waals surface area (Å²) < 4.78 is 1.18. The van der Waals surface area contributed by atoms with Crippen LogP contribution in [-0.2, 0) is 6.42 Å². The molecule has 0 unspecified atom stereocenters. The first kappa shape index (κ1) is 16.0. The molecule has 2 N–H and O–H groups in total. The van der Waals surface area contributed by atoms with Crippen molar-refractivity contribution in [2.24, 2.45) is 0 Å². The molecular formula is C20H21N3O. The van der Waals surface area contributed by atoms with Crippen LogP contribution in [0.25, 0.3) is 17.0 Å². The summed E-state index contributed by atoms with van der Waals surface area (Å²) in [5.41, 5.74) is 1.74. The van der Waals surface area contributed by atoms with Crippen LogP contribution in [0.2, 0.25) is 0 Å². The van der Waals surface area contributed by atoms with Gasteiger partial charge in [-0.15, -0.1) is 0 Å². The fourth-order valence-electron chi connectivity index (χ4n) is 2.70.